The third kappa shape index (κ3) is 3.14. The van der Waals surface area contributed by atoms with E-state index in [0.717, 1.165) is 25.9 Å². The Kier molecular flexibility index (Phi) is 4.76. The van der Waals surface area contributed by atoms with Crippen molar-refractivity contribution >= 4 is 17.5 Å². The lowest BCUT2D eigenvalue weighted by molar-refractivity contribution is -0.130. The van der Waals surface area contributed by atoms with E-state index in [9.17, 15) is 14.4 Å². The zero-order valence-corrected chi connectivity index (χ0v) is 13.1. The molecule has 0 aromatic carbocycles. The third-order valence-electron chi connectivity index (χ3n) is 4.59. The fourth-order valence-corrected chi connectivity index (χ4v) is 3.00. The predicted octanol–water partition coefficient (Wildman–Crippen LogP) is 2.58. The van der Waals surface area contributed by atoms with E-state index in [-0.39, 0.29) is 17.5 Å². The molecule has 0 radical (unpaired) electrons. The number of rotatable bonds is 4. The predicted molar refractivity (Wildman–Crippen MR) is 80.8 cm³/mol. The van der Waals surface area contributed by atoms with Crippen molar-refractivity contribution in [3.05, 3.63) is 22.3 Å². The maximum Gasteiger partial charge on any atom is 0.222 e. The number of nitrogens with zero attached hydrogens (tertiary/aromatic N) is 1. The van der Waals surface area contributed by atoms with Crippen molar-refractivity contribution < 1.29 is 14.4 Å². The molecule has 2 aliphatic rings. The van der Waals surface area contributed by atoms with Crippen LogP contribution in [0.3, 0.4) is 0 Å². The van der Waals surface area contributed by atoms with Crippen molar-refractivity contribution in [3.63, 3.8) is 0 Å². The van der Waals surface area contributed by atoms with Crippen molar-refractivity contribution in [1.82, 2.24) is 4.90 Å². The van der Waals surface area contributed by atoms with Crippen molar-refractivity contribution in [3.8, 4) is 0 Å². The Labute approximate surface area is 125 Å². The van der Waals surface area contributed by atoms with Gasteiger partial charge in [0, 0.05) is 41.8 Å². The highest BCUT2D eigenvalue weighted by Crippen LogP contribution is 2.27. The van der Waals surface area contributed by atoms with Crippen LogP contribution in [0.2, 0.25) is 0 Å². The molecule has 4 nitrogen and oxygen atoms in total. The second kappa shape index (κ2) is 6.37. The van der Waals surface area contributed by atoms with Gasteiger partial charge >= 0.3 is 0 Å². The van der Waals surface area contributed by atoms with Crippen LogP contribution in [0.25, 0.3) is 0 Å². The number of likely N-dealkylation sites (tertiary alicyclic amines) is 1. The van der Waals surface area contributed by atoms with Crippen molar-refractivity contribution in [2.75, 3.05) is 13.1 Å². The lowest BCUT2D eigenvalue weighted by Gasteiger charge is -2.19. The molecule has 2 rings (SSSR count). The molecule has 1 amide bonds. The van der Waals surface area contributed by atoms with Gasteiger partial charge in [0.05, 0.1) is 0 Å². The summed E-state index contributed by atoms with van der Waals surface area (Å²) in [6, 6.07) is 0. The number of hydrogen-bond acceptors (Lipinski definition) is 3. The number of carbonyl (C=O) groups is 3. The first-order valence-electron chi connectivity index (χ1n) is 7.68. The molecular formula is C17H23NO3. The van der Waals surface area contributed by atoms with Gasteiger partial charge in [-0.3, -0.25) is 14.4 Å². The second-order valence-electron chi connectivity index (χ2n) is 5.95. The van der Waals surface area contributed by atoms with Gasteiger partial charge in [-0.25, -0.2) is 0 Å². The number of Topliss-reactive ketones (excluding diaryl/α,β-unsaturated/α-hetero) is 2. The van der Waals surface area contributed by atoms with E-state index < -0.39 is 0 Å². The molecule has 0 spiro atoms. The molecule has 114 valence electrons. The lowest BCUT2D eigenvalue weighted by atomic mass is 9.84. The first kappa shape index (κ1) is 15.7. The van der Waals surface area contributed by atoms with Crippen LogP contribution in [0.1, 0.15) is 52.9 Å². The highest BCUT2D eigenvalue weighted by atomic mass is 16.2. The number of amides is 1. The van der Waals surface area contributed by atoms with E-state index in [1.165, 1.54) is 0 Å². The standard InChI is InChI=1S/C17H23NO3/c1-11-12(2)17(21)14(13(3)16(11)20)7-6-8-15(19)18-9-4-5-10-18/h4-10H2,1-3H3. The molecule has 0 N–H and O–H groups in total. The molecule has 4 heteroatoms. The molecule has 0 aromatic heterocycles. The first-order valence-corrected chi connectivity index (χ1v) is 7.68. The molecule has 0 saturated carbocycles. The average Bonchev–Trinajstić information content (AvgIpc) is 3.01. The monoisotopic (exact) mass is 289 g/mol. The van der Waals surface area contributed by atoms with Gasteiger partial charge in [-0.15, -0.1) is 0 Å². The Hall–Kier alpha value is -1.71. The minimum absolute atomic E-state index is 0.0294. The van der Waals surface area contributed by atoms with Gasteiger partial charge in [0.1, 0.15) is 0 Å². The first-order chi connectivity index (χ1) is 9.93. The summed E-state index contributed by atoms with van der Waals surface area (Å²) in [6.45, 7) is 6.84. The van der Waals surface area contributed by atoms with E-state index in [1.54, 1.807) is 20.8 Å². The number of carbonyl (C=O) groups excluding carboxylic acids is 3. The summed E-state index contributed by atoms with van der Waals surface area (Å²) in [5, 5.41) is 0. The Bertz CT molecular complexity index is 548. The summed E-state index contributed by atoms with van der Waals surface area (Å²) >= 11 is 0. The largest absolute Gasteiger partial charge is 0.343 e. The van der Waals surface area contributed by atoms with E-state index in [2.05, 4.69) is 0 Å². The summed E-state index contributed by atoms with van der Waals surface area (Å²) < 4.78 is 0. The Morgan fingerprint density at radius 2 is 1.52 bits per heavy atom. The summed E-state index contributed by atoms with van der Waals surface area (Å²) in [5.41, 5.74) is 2.25. The van der Waals surface area contributed by atoms with Gasteiger partial charge in [-0.1, -0.05) is 0 Å². The van der Waals surface area contributed by atoms with Gasteiger partial charge in [0.15, 0.2) is 11.6 Å². The summed E-state index contributed by atoms with van der Waals surface area (Å²) in [5.74, 6) is 0.106. The van der Waals surface area contributed by atoms with Gasteiger partial charge < -0.3 is 4.90 Å². The minimum Gasteiger partial charge on any atom is -0.343 e. The molecule has 1 aliphatic heterocycles. The fraction of sp³-hybridized carbons (Fsp3) is 0.588. The smallest absolute Gasteiger partial charge is 0.222 e. The summed E-state index contributed by atoms with van der Waals surface area (Å²) in [6.07, 6.45) is 3.78. The van der Waals surface area contributed by atoms with Crippen LogP contribution in [0, 0.1) is 0 Å². The van der Waals surface area contributed by atoms with Gasteiger partial charge in [0.25, 0.3) is 0 Å². The van der Waals surface area contributed by atoms with Gasteiger partial charge in [-0.05, 0) is 46.5 Å². The maximum absolute atomic E-state index is 12.3. The SMILES string of the molecule is CC1=C(C)C(=O)C(CCCC(=O)N2CCCC2)=C(C)C1=O. The Balaban J connectivity index is 1.95. The average molecular weight is 289 g/mol. The molecule has 1 saturated heterocycles. The highest BCUT2D eigenvalue weighted by Gasteiger charge is 2.27. The van der Waals surface area contributed by atoms with Crippen molar-refractivity contribution in [1.29, 1.82) is 0 Å². The molecule has 21 heavy (non-hydrogen) atoms. The highest BCUT2D eigenvalue weighted by molar-refractivity contribution is 6.24. The molecule has 0 bridgehead atoms. The summed E-state index contributed by atoms with van der Waals surface area (Å²) in [4.78, 5) is 38.2. The molecule has 0 unspecified atom stereocenters. The Morgan fingerprint density at radius 1 is 0.952 bits per heavy atom. The number of allylic oxidation sites excluding steroid dienone is 4. The second-order valence-corrected chi connectivity index (χ2v) is 5.95. The maximum atomic E-state index is 12.3. The van der Waals surface area contributed by atoms with Crippen LogP contribution in [-0.2, 0) is 14.4 Å². The number of hydrogen-bond donors (Lipinski definition) is 0. The van der Waals surface area contributed by atoms with Crippen LogP contribution < -0.4 is 0 Å². The van der Waals surface area contributed by atoms with Gasteiger partial charge in [0.2, 0.25) is 5.91 Å². The normalized spacial score (nSPS) is 19.9. The van der Waals surface area contributed by atoms with Crippen LogP contribution in [0.5, 0.6) is 0 Å². The van der Waals surface area contributed by atoms with E-state index in [0.29, 0.717) is 41.6 Å². The zero-order valence-electron chi connectivity index (χ0n) is 13.1. The molecule has 1 fully saturated rings. The van der Waals surface area contributed by atoms with Crippen LogP contribution in [-0.4, -0.2) is 35.5 Å². The fourth-order valence-electron chi connectivity index (χ4n) is 3.00. The van der Waals surface area contributed by atoms with Gasteiger partial charge in [-0.2, -0.15) is 0 Å². The van der Waals surface area contributed by atoms with Crippen LogP contribution >= 0.6 is 0 Å². The minimum atomic E-state index is -0.0343. The topological polar surface area (TPSA) is 54.5 Å². The van der Waals surface area contributed by atoms with Crippen LogP contribution in [0.15, 0.2) is 22.3 Å². The van der Waals surface area contributed by atoms with E-state index >= 15 is 0 Å². The zero-order chi connectivity index (χ0) is 15.6. The summed E-state index contributed by atoms with van der Waals surface area (Å²) in [7, 11) is 0. The molecule has 0 aromatic rings. The molecule has 1 heterocycles. The number of ketones is 2. The molecule has 1 aliphatic carbocycles. The molecule has 0 atom stereocenters. The van der Waals surface area contributed by atoms with E-state index in [1.807, 2.05) is 4.90 Å². The van der Waals surface area contributed by atoms with Crippen molar-refractivity contribution in [2.24, 2.45) is 0 Å². The molecular weight excluding hydrogens is 266 g/mol. The quantitative estimate of drug-likeness (QED) is 0.747. The third-order valence-corrected chi connectivity index (χ3v) is 4.59. The van der Waals surface area contributed by atoms with Crippen LogP contribution in [0.4, 0.5) is 0 Å². The van der Waals surface area contributed by atoms with E-state index in [4.69, 9.17) is 0 Å². The van der Waals surface area contributed by atoms with Crippen molar-refractivity contribution in [2.45, 2.75) is 52.9 Å². The lowest BCUT2D eigenvalue weighted by Crippen LogP contribution is -2.27. The Morgan fingerprint density at radius 3 is 2.14 bits per heavy atom.